The van der Waals surface area contributed by atoms with Crippen molar-refractivity contribution >= 4 is 46.1 Å². The molecule has 0 unspecified atom stereocenters. The van der Waals surface area contributed by atoms with Crippen LogP contribution in [0.15, 0.2) is 60.7 Å². The Morgan fingerprint density at radius 1 is 0.678 bits per heavy atom. The monoisotopic (exact) mass is 804 g/mol. The van der Waals surface area contributed by atoms with Gasteiger partial charge < -0.3 is 44.6 Å². The van der Waals surface area contributed by atoms with Crippen LogP contribution in [0.5, 0.6) is 0 Å². The zero-order valence-electron chi connectivity index (χ0n) is 34.0. The number of nitrogens with one attached hydrogen (secondary N) is 4. The minimum Gasteiger partial charge on any atom is -0.453 e. The Kier molecular flexibility index (Phi) is 11.5. The minimum absolute atomic E-state index is 0.0306. The number of ether oxygens (including phenoxy) is 3. The summed E-state index contributed by atoms with van der Waals surface area (Å²) in [6.07, 6.45) is 3.39. The van der Waals surface area contributed by atoms with Crippen LogP contribution in [0.2, 0.25) is 0 Å². The first kappa shape index (κ1) is 39.8. The zero-order valence-corrected chi connectivity index (χ0v) is 34.0. The Balaban J connectivity index is 0.971. The number of hydrogen-bond acceptors (Lipinski definition) is 9. The number of carbonyl (C=O) groups excluding carboxylic acids is 4. The molecule has 0 saturated carbocycles. The first-order valence-electron chi connectivity index (χ1n) is 20.6. The number of benzene rings is 3. The highest BCUT2D eigenvalue weighted by molar-refractivity contribution is 5.88. The van der Waals surface area contributed by atoms with Crippen molar-refractivity contribution in [1.82, 2.24) is 40.4 Å². The maximum absolute atomic E-state index is 14.0. The van der Waals surface area contributed by atoms with Crippen LogP contribution in [0, 0.1) is 11.8 Å². The second kappa shape index (κ2) is 17.1. The predicted molar refractivity (Wildman–Crippen MR) is 221 cm³/mol. The van der Waals surface area contributed by atoms with Crippen molar-refractivity contribution in [3.8, 4) is 22.3 Å². The van der Waals surface area contributed by atoms with Gasteiger partial charge in [-0.05, 0) is 96.9 Å². The lowest BCUT2D eigenvalue weighted by Crippen LogP contribution is -2.53. The van der Waals surface area contributed by atoms with Gasteiger partial charge in [0, 0.05) is 26.3 Å². The number of likely N-dealkylation sites (tertiary alicyclic amines) is 2. The highest BCUT2D eigenvalue weighted by atomic mass is 16.5. The first-order valence-corrected chi connectivity index (χ1v) is 20.6. The van der Waals surface area contributed by atoms with E-state index in [2.05, 4.69) is 69.1 Å². The first-order chi connectivity index (χ1) is 28.6. The highest BCUT2D eigenvalue weighted by Gasteiger charge is 2.41. The normalized spacial score (nSPS) is 19.6. The van der Waals surface area contributed by atoms with Gasteiger partial charge in [-0.2, -0.15) is 0 Å². The number of hydrogen-bond donors (Lipinski definition) is 4. The summed E-state index contributed by atoms with van der Waals surface area (Å²) >= 11 is 0. The largest absolute Gasteiger partial charge is 0.453 e. The summed E-state index contributed by atoms with van der Waals surface area (Å²) in [6.45, 7) is 6.11. The molecule has 3 fully saturated rings. The Labute approximate surface area is 342 Å². The van der Waals surface area contributed by atoms with E-state index in [1.165, 1.54) is 14.2 Å². The summed E-state index contributed by atoms with van der Waals surface area (Å²) in [5.74, 6) is 1.08. The second-order valence-corrected chi connectivity index (χ2v) is 16.1. The molecule has 3 aromatic carbocycles. The number of H-pyrrole nitrogens is 2. The topological polar surface area (TPSA) is 184 Å². The lowest BCUT2D eigenvalue weighted by Gasteiger charge is -2.34. The smallest absolute Gasteiger partial charge is 0.407 e. The average molecular weight is 805 g/mol. The predicted octanol–water partition coefficient (Wildman–Crippen LogP) is 6.63. The molecule has 59 heavy (non-hydrogen) atoms. The third kappa shape index (κ3) is 8.20. The number of carbonyl (C=O) groups is 4. The summed E-state index contributed by atoms with van der Waals surface area (Å²) in [6, 6.07) is 18.9. The van der Waals surface area contributed by atoms with Gasteiger partial charge in [0.15, 0.2) is 0 Å². The molecule has 0 radical (unpaired) electrons. The molecule has 8 rings (SSSR count). The summed E-state index contributed by atoms with van der Waals surface area (Å²) in [4.78, 5) is 72.5. The summed E-state index contributed by atoms with van der Waals surface area (Å²) < 4.78 is 15.2. The average Bonchev–Trinajstić information content (AvgIpc) is 4.09. The Hall–Kier alpha value is -5.96. The Morgan fingerprint density at radius 3 is 1.64 bits per heavy atom. The van der Waals surface area contributed by atoms with Crippen LogP contribution in [0.4, 0.5) is 9.59 Å². The van der Waals surface area contributed by atoms with Gasteiger partial charge in [-0.1, -0.05) is 50.2 Å². The second-order valence-electron chi connectivity index (χ2n) is 16.1. The third-order valence-corrected chi connectivity index (χ3v) is 12.1. The van der Waals surface area contributed by atoms with Gasteiger partial charge in [-0.25, -0.2) is 19.6 Å². The van der Waals surface area contributed by atoms with Crippen molar-refractivity contribution < 1.29 is 33.4 Å². The van der Waals surface area contributed by atoms with E-state index in [1.807, 2.05) is 35.8 Å². The fraction of sp³-hybridized carbons (Fsp3) is 0.455. The van der Waals surface area contributed by atoms with Gasteiger partial charge in [0.05, 0.1) is 48.4 Å². The SMILES string of the molecule is COC(=O)N[C@H](C(=O)N1CCC[C@H]1c1nc2ccc(-c3ccc(-c4ccc5nc([C@@H]6CCCN6C(=O)[C@@H](NC(=O)OC)C6CCOCC6)[nH]c5c4)cc3)cc2[nH]1)C(C)C. The summed E-state index contributed by atoms with van der Waals surface area (Å²) in [7, 11) is 2.60. The number of aromatic nitrogens is 4. The van der Waals surface area contributed by atoms with E-state index in [4.69, 9.17) is 24.2 Å². The van der Waals surface area contributed by atoms with E-state index >= 15 is 0 Å². The molecule has 0 spiro atoms. The number of rotatable bonds is 10. The molecule has 5 aromatic rings. The number of methoxy groups -OCH3 is 2. The summed E-state index contributed by atoms with van der Waals surface area (Å²) in [5.41, 5.74) is 7.58. The number of fused-ring (bicyclic) bond motifs is 2. The van der Waals surface area contributed by atoms with Gasteiger partial charge in [-0.15, -0.1) is 0 Å². The molecule has 3 aliphatic heterocycles. The van der Waals surface area contributed by atoms with Crippen molar-refractivity contribution in [2.45, 2.75) is 76.5 Å². The molecule has 0 aliphatic carbocycles. The van der Waals surface area contributed by atoms with E-state index in [-0.39, 0.29) is 35.7 Å². The summed E-state index contributed by atoms with van der Waals surface area (Å²) in [5, 5.41) is 5.53. The molecule has 2 aromatic heterocycles. The quantitative estimate of drug-likeness (QED) is 0.120. The molecule has 15 nitrogen and oxygen atoms in total. The van der Waals surface area contributed by atoms with Crippen LogP contribution in [0.25, 0.3) is 44.3 Å². The third-order valence-electron chi connectivity index (χ3n) is 12.1. The molecule has 0 bridgehead atoms. The number of amides is 4. The van der Waals surface area contributed by atoms with Crippen molar-refractivity contribution in [2.75, 3.05) is 40.5 Å². The van der Waals surface area contributed by atoms with E-state index in [1.54, 1.807) is 0 Å². The molecule has 3 saturated heterocycles. The highest BCUT2D eigenvalue weighted by Crippen LogP contribution is 2.36. The van der Waals surface area contributed by atoms with E-state index in [0.29, 0.717) is 39.1 Å². The molecular weight excluding hydrogens is 753 g/mol. The maximum Gasteiger partial charge on any atom is 0.407 e. The number of nitrogens with zero attached hydrogens (tertiary/aromatic N) is 4. The number of alkyl carbamates (subject to hydrolysis) is 2. The van der Waals surface area contributed by atoms with Crippen molar-refractivity contribution in [3.05, 3.63) is 72.3 Å². The lowest BCUT2D eigenvalue weighted by molar-refractivity contribution is -0.137. The molecule has 5 heterocycles. The van der Waals surface area contributed by atoms with Crippen LogP contribution in [0.3, 0.4) is 0 Å². The van der Waals surface area contributed by atoms with Crippen molar-refractivity contribution in [2.24, 2.45) is 11.8 Å². The standard InChI is InChI=1S/C44H52N8O7/c1-25(2)37(49-43(55)57-3)41(53)51-19-5-7-35(51)39-45-31-15-13-29(23-33(31)47-39)26-9-11-27(12-10-26)30-14-16-32-34(24-30)48-40(46-32)36-8-6-20-52(36)42(54)38(50-44(56)58-4)28-17-21-59-22-18-28/h9-16,23-25,28,35-38H,5-8,17-22H2,1-4H3,(H,45,47)(H,46,48)(H,49,55)(H,50,56)/t35-,36-,37-,38-/m0/s1. The maximum atomic E-state index is 14.0. The van der Waals surface area contributed by atoms with Gasteiger partial charge in [-0.3, -0.25) is 9.59 Å². The fourth-order valence-corrected chi connectivity index (χ4v) is 8.89. The fourth-order valence-electron chi connectivity index (χ4n) is 8.89. The van der Waals surface area contributed by atoms with Crippen LogP contribution in [-0.2, 0) is 23.8 Å². The van der Waals surface area contributed by atoms with Crippen LogP contribution >= 0.6 is 0 Å². The van der Waals surface area contributed by atoms with Crippen LogP contribution in [0.1, 0.15) is 76.1 Å². The molecule has 4 atom stereocenters. The molecule has 4 amide bonds. The Morgan fingerprint density at radius 2 is 1.15 bits per heavy atom. The Bertz CT molecular complexity index is 2330. The van der Waals surface area contributed by atoms with E-state index in [9.17, 15) is 19.2 Å². The minimum atomic E-state index is -0.694. The molecule has 310 valence electrons. The molecule has 3 aliphatic rings. The molecule has 4 N–H and O–H groups in total. The van der Waals surface area contributed by atoms with Crippen LogP contribution in [-0.4, -0.2) is 106 Å². The van der Waals surface area contributed by atoms with Crippen LogP contribution < -0.4 is 10.6 Å². The zero-order chi connectivity index (χ0) is 41.2. The van der Waals surface area contributed by atoms with Crippen molar-refractivity contribution in [3.63, 3.8) is 0 Å². The molecule has 15 heteroatoms. The van der Waals surface area contributed by atoms with Crippen molar-refractivity contribution in [1.29, 1.82) is 0 Å². The number of imidazole rings is 2. The van der Waals surface area contributed by atoms with Gasteiger partial charge >= 0.3 is 12.2 Å². The van der Waals surface area contributed by atoms with E-state index in [0.717, 1.165) is 81.7 Å². The molecular formula is C44H52N8O7. The number of aromatic amines is 2. The van der Waals surface area contributed by atoms with E-state index < -0.39 is 24.3 Å². The van der Waals surface area contributed by atoms with Gasteiger partial charge in [0.2, 0.25) is 11.8 Å². The lowest BCUT2D eigenvalue weighted by atomic mass is 9.90. The van der Waals surface area contributed by atoms with Gasteiger partial charge in [0.1, 0.15) is 23.7 Å². The van der Waals surface area contributed by atoms with Gasteiger partial charge in [0.25, 0.3) is 0 Å².